The Balaban J connectivity index is 2.97. The summed E-state index contributed by atoms with van der Waals surface area (Å²) in [6.45, 7) is 10.6. The van der Waals surface area contributed by atoms with E-state index in [1.54, 1.807) is 0 Å². The molecular formula is C14H24N2. The minimum absolute atomic E-state index is 0.195. The van der Waals surface area contributed by atoms with Gasteiger partial charge in [-0.25, -0.2) is 0 Å². The monoisotopic (exact) mass is 220 g/mol. The summed E-state index contributed by atoms with van der Waals surface area (Å²) in [5.41, 5.74) is 7.39. The molecule has 0 heterocycles. The van der Waals surface area contributed by atoms with Crippen LogP contribution in [0, 0.1) is 5.41 Å². The topological polar surface area (TPSA) is 29.3 Å². The molecule has 0 spiro atoms. The van der Waals surface area contributed by atoms with Gasteiger partial charge in [0.2, 0.25) is 0 Å². The van der Waals surface area contributed by atoms with Crippen LogP contribution in [-0.4, -0.2) is 19.1 Å². The number of para-hydroxylation sites is 1. The molecule has 0 bridgehead atoms. The van der Waals surface area contributed by atoms with Crippen LogP contribution >= 0.6 is 0 Å². The fourth-order valence-corrected chi connectivity index (χ4v) is 2.15. The third kappa shape index (κ3) is 2.99. The van der Waals surface area contributed by atoms with E-state index in [4.69, 9.17) is 5.73 Å². The summed E-state index contributed by atoms with van der Waals surface area (Å²) in [4.78, 5) is 2.39. The first kappa shape index (κ1) is 13.0. The number of nitrogens with two attached hydrogens (primary N) is 1. The Hall–Kier alpha value is -1.02. The smallest absolute Gasteiger partial charge is 0.0460 e. The van der Waals surface area contributed by atoms with Crippen molar-refractivity contribution < 1.29 is 0 Å². The molecule has 0 fully saturated rings. The molecule has 0 aromatic heterocycles. The molecule has 1 unspecified atom stereocenters. The van der Waals surface area contributed by atoms with Gasteiger partial charge in [-0.2, -0.15) is 0 Å². The summed E-state index contributed by atoms with van der Waals surface area (Å²) < 4.78 is 0. The van der Waals surface area contributed by atoms with Crippen molar-refractivity contribution in [1.82, 2.24) is 0 Å². The van der Waals surface area contributed by atoms with E-state index in [9.17, 15) is 0 Å². The van der Waals surface area contributed by atoms with Crippen LogP contribution in [0.25, 0.3) is 0 Å². The van der Waals surface area contributed by atoms with Crippen molar-refractivity contribution in [2.75, 3.05) is 18.0 Å². The summed E-state index contributed by atoms with van der Waals surface area (Å²) in [6.07, 6.45) is 0. The molecule has 1 aromatic carbocycles. The number of benzene rings is 1. The second kappa shape index (κ2) is 5.35. The number of rotatable bonds is 4. The van der Waals surface area contributed by atoms with Gasteiger partial charge in [-0.1, -0.05) is 39.0 Å². The van der Waals surface area contributed by atoms with Gasteiger partial charge in [0.1, 0.15) is 0 Å². The molecule has 1 aromatic rings. The van der Waals surface area contributed by atoms with Gasteiger partial charge in [-0.05, 0) is 24.5 Å². The number of hydrogen-bond acceptors (Lipinski definition) is 2. The Morgan fingerprint density at radius 1 is 1.19 bits per heavy atom. The average Bonchev–Trinajstić information content (AvgIpc) is 2.25. The summed E-state index contributed by atoms with van der Waals surface area (Å²) in [5.74, 6) is 0. The quantitative estimate of drug-likeness (QED) is 0.845. The van der Waals surface area contributed by atoms with Crippen molar-refractivity contribution in [3.05, 3.63) is 30.3 Å². The third-order valence-corrected chi connectivity index (χ3v) is 3.03. The molecule has 0 aliphatic rings. The maximum Gasteiger partial charge on any atom is 0.0460 e. The van der Waals surface area contributed by atoms with Gasteiger partial charge in [0.05, 0.1) is 0 Å². The fourth-order valence-electron chi connectivity index (χ4n) is 2.15. The molecule has 1 atom stereocenters. The molecule has 90 valence electrons. The molecular weight excluding hydrogens is 196 g/mol. The van der Waals surface area contributed by atoms with Gasteiger partial charge in [-0.15, -0.1) is 0 Å². The summed E-state index contributed by atoms with van der Waals surface area (Å²) in [5, 5.41) is 0. The number of anilines is 1. The largest absolute Gasteiger partial charge is 0.367 e. The molecule has 16 heavy (non-hydrogen) atoms. The van der Waals surface area contributed by atoms with E-state index in [0.717, 1.165) is 6.54 Å². The highest BCUT2D eigenvalue weighted by atomic mass is 15.2. The van der Waals surface area contributed by atoms with Crippen LogP contribution in [0.2, 0.25) is 0 Å². The van der Waals surface area contributed by atoms with Gasteiger partial charge in [0.15, 0.2) is 0 Å². The maximum absolute atomic E-state index is 5.93. The molecule has 0 saturated heterocycles. The Morgan fingerprint density at radius 3 is 2.12 bits per heavy atom. The third-order valence-electron chi connectivity index (χ3n) is 3.03. The van der Waals surface area contributed by atoms with E-state index in [-0.39, 0.29) is 5.41 Å². The molecule has 2 N–H and O–H groups in total. The van der Waals surface area contributed by atoms with Crippen LogP contribution in [0.15, 0.2) is 30.3 Å². The van der Waals surface area contributed by atoms with Crippen molar-refractivity contribution in [3.8, 4) is 0 Å². The first-order valence-electron chi connectivity index (χ1n) is 6.02. The van der Waals surface area contributed by atoms with E-state index in [2.05, 4.69) is 56.9 Å². The van der Waals surface area contributed by atoms with E-state index in [1.165, 1.54) is 5.69 Å². The van der Waals surface area contributed by atoms with Crippen molar-refractivity contribution in [1.29, 1.82) is 0 Å². The first-order valence-corrected chi connectivity index (χ1v) is 6.02. The van der Waals surface area contributed by atoms with Crippen LogP contribution in [0.4, 0.5) is 5.69 Å². The van der Waals surface area contributed by atoms with Crippen LogP contribution in [0.1, 0.15) is 27.7 Å². The molecule has 0 aliphatic carbocycles. The zero-order valence-electron chi connectivity index (χ0n) is 10.9. The van der Waals surface area contributed by atoms with Crippen molar-refractivity contribution in [2.45, 2.75) is 33.7 Å². The maximum atomic E-state index is 5.93. The van der Waals surface area contributed by atoms with Crippen molar-refractivity contribution in [3.63, 3.8) is 0 Å². The average molecular weight is 220 g/mol. The van der Waals surface area contributed by atoms with Gasteiger partial charge in [0.25, 0.3) is 0 Å². The number of hydrogen-bond donors (Lipinski definition) is 1. The van der Waals surface area contributed by atoms with Crippen LogP contribution < -0.4 is 10.6 Å². The normalized spacial score (nSPS) is 13.6. The fraction of sp³-hybridized carbons (Fsp3) is 0.571. The molecule has 0 radical (unpaired) electrons. The minimum Gasteiger partial charge on any atom is -0.367 e. The SMILES string of the molecule is CCN(c1ccccc1)C(CN)C(C)(C)C. The van der Waals surface area contributed by atoms with Crippen molar-refractivity contribution in [2.24, 2.45) is 11.1 Å². The molecule has 2 heteroatoms. The lowest BCUT2D eigenvalue weighted by Crippen LogP contribution is -2.49. The lowest BCUT2D eigenvalue weighted by atomic mass is 9.85. The highest BCUT2D eigenvalue weighted by molar-refractivity contribution is 5.47. The van der Waals surface area contributed by atoms with Gasteiger partial charge in [-0.3, -0.25) is 0 Å². The minimum atomic E-state index is 0.195. The summed E-state index contributed by atoms with van der Waals surface area (Å²) >= 11 is 0. The van der Waals surface area contributed by atoms with Gasteiger partial charge in [0, 0.05) is 24.8 Å². The van der Waals surface area contributed by atoms with Crippen LogP contribution in [0.5, 0.6) is 0 Å². The van der Waals surface area contributed by atoms with Crippen LogP contribution in [0.3, 0.4) is 0 Å². The lowest BCUT2D eigenvalue weighted by molar-refractivity contribution is 0.309. The van der Waals surface area contributed by atoms with Crippen LogP contribution in [-0.2, 0) is 0 Å². The molecule has 1 rings (SSSR count). The highest BCUT2D eigenvalue weighted by Crippen LogP contribution is 2.27. The van der Waals surface area contributed by atoms with Gasteiger partial charge >= 0.3 is 0 Å². The van der Waals surface area contributed by atoms with E-state index < -0.39 is 0 Å². The summed E-state index contributed by atoms with van der Waals surface area (Å²) in [6, 6.07) is 10.9. The van der Waals surface area contributed by atoms with E-state index in [0.29, 0.717) is 12.6 Å². The van der Waals surface area contributed by atoms with E-state index in [1.807, 2.05) is 6.07 Å². The van der Waals surface area contributed by atoms with E-state index >= 15 is 0 Å². The lowest BCUT2D eigenvalue weighted by Gasteiger charge is -2.40. The van der Waals surface area contributed by atoms with Gasteiger partial charge < -0.3 is 10.6 Å². The molecule has 0 aliphatic heterocycles. The molecule has 0 saturated carbocycles. The molecule has 2 nitrogen and oxygen atoms in total. The number of likely N-dealkylation sites (N-methyl/N-ethyl adjacent to an activating group) is 1. The Bertz CT molecular complexity index is 300. The predicted octanol–water partition coefficient (Wildman–Crippen LogP) is 2.89. The van der Waals surface area contributed by atoms with Crippen molar-refractivity contribution >= 4 is 5.69 Å². The zero-order chi connectivity index (χ0) is 12.2. The number of nitrogens with zero attached hydrogens (tertiary/aromatic N) is 1. The second-order valence-corrected chi connectivity index (χ2v) is 5.24. The second-order valence-electron chi connectivity index (χ2n) is 5.24. The Morgan fingerprint density at radius 2 is 1.75 bits per heavy atom. The highest BCUT2D eigenvalue weighted by Gasteiger charge is 2.28. The first-order chi connectivity index (χ1) is 7.50. The predicted molar refractivity (Wildman–Crippen MR) is 71.8 cm³/mol. The molecule has 0 amide bonds. The standard InChI is InChI=1S/C14H24N2/c1-5-16(12-9-7-6-8-10-12)13(11-15)14(2,3)4/h6-10,13H,5,11,15H2,1-4H3. The Kier molecular flexibility index (Phi) is 4.36. The zero-order valence-corrected chi connectivity index (χ0v) is 10.9. The summed E-state index contributed by atoms with van der Waals surface area (Å²) in [7, 11) is 0. The Labute approximate surface area is 99.5 Å².